The maximum Gasteiger partial charge on any atom is 0.326 e. The molecule has 3 rings (SSSR count). The van der Waals surface area contributed by atoms with Crippen molar-refractivity contribution in [3.05, 3.63) is 58.5 Å². The summed E-state index contributed by atoms with van der Waals surface area (Å²) in [7, 11) is 0. The highest BCUT2D eigenvalue weighted by molar-refractivity contribution is 6.14. The van der Waals surface area contributed by atoms with Crippen LogP contribution in [0.5, 0.6) is 0 Å². The molecule has 0 unspecified atom stereocenters. The third-order valence-electron chi connectivity index (χ3n) is 4.31. The lowest BCUT2D eigenvalue weighted by molar-refractivity contribution is -0.115. The minimum Gasteiger partial charge on any atom is -0.318 e. The van der Waals surface area contributed by atoms with Gasteiger partial charge >= 0.3 is 6.03 Å². The standard InChI is InChI=1S/C19H21N3O2/c1-11(2)14-5-7-16(8-6-14)22-12(3)9-15(13(22)4)10-17-18(23)21-19(24)20-17/h5-11H,1-4H3,(H2,20,21,23,24). The van der Waals surface area contributed by atoms with Gasteiger partial charge in [-0.1, -0.05) is 26.0 Å². The molecule has 3 amide bonds. The summed E-state index contributed by atoms with van der Waals surface area (Å²) in [5.74, 6) is 0.0989. The molecule has 2 aromatic rings. The summed E-state index contributed by atoms with van der Waals surface area (Å²) in [5, 5.41) is 4.73. The molecule has 1 aliphatic heterocycles. The molecule has 0 atom stereocenters. The van der Waals surface area contributed by atoms with Gasteiger partial charge in [0.25, 0.3) is 5.91 Å². The van der Waals surface area contributed by atoms with Crippen molar-refractivity contribution in [1.29, 1.82) is 0 Å². The molecule has 5 nitrogen and oxygen atoms in total. The predicted octanol–water partition coefficient (Wildman–Crippen LogP) is 3.40. The Morgan fingerprint density at radius 2 is 1.71 bits per heavy atom. The van der Waals surface area contributed by atoms with E-state index < -0.39 is 11.9 Å². The first-order valence-electron chi connectivity index (χ1n) is 8.00. The van der Waals surface area contributed by atoms with E-state index in [0.29, 0.717) is 5.92 Å². The Labute approximate surface area is 141 Å². The molecule has 0 bridgehead atoms. The fraction of sp³-hybridized carbons (Fsp3) is 0.263. The Kier molecular flexibility index (Phi) is 4.01. The van der Waals surface area contributed by atoms with Crippen molar-refractivity contribution in [3.63, 3.8) is 0 Å². The van der Waals surface area contributed by atoms with Crippen molar-refractivity contribution in [2.75, 3.05) is 0 Å². The number of imide groups is 1. The zero-order valence-corrected chi connectivity index (χ0v) is 14.3. The number of hydrogen-bond donors (Lipinski definition) is 2. The number of benzene rings is 1. The molecule has 124 valence electrons. The molecule has 1 fully saturated rings. The molecule has 1 aromatic heterocycles. The Bertz CT molecular complexity index is 842. The first-order chi connectivity index (χ1) is 11.4. The van der Waals surface area contributed by atoms with Crippen LogP contribution in [0, 0.1) is 13.8 Å². The van der Waals surface area contributed by atoms with E-state index in [4.69, 9.17) is 0 Å². The highest BCUT2D eigenvalue weighted by Crippen LogP contribution is 2.24. The molecule has 1 aromatic carbocycles. The van der Waals surface area contributed by atoms with Crippen LogP contribution in [0.2, 0.25) is 0 Å². The van der Waals surface area contributed by atoms with Gasteiger partial charge in [-0.25, -0.2) is 4.79 Å². The number of hydrogen-bond acceptors (Lipinski definition) is 2. The number of urea groups is 1. The van der Waals surface area contributed by atoms with Crippen molar-refractivity contribution in [1.82, 2.24) is 15.2 Å². The average Bonchev–Trinajstić information content (AvgIpc) is 2.98. The Morgan fingerprint density at radius 1 is 1.04 bits per heavy atom. The molecule has 0 radical (unpaired) electrons. The van der Waals surface area contributed by atoms with Gasteiger partial charge in [0.05, 0.1) is 0 Å². The molecule has 5 heteroatoms. The molecular weight excluding hydrogens is 302 g/mol. The number of aromatic nitrogens is 1. The molecule has 2 heterocycles. The Morgan fingerprint density at radius 3 is 2.25 bits per heavy atom. The highest BCUT2D eigenvalue weighted by atomic mass is 16.2. The summed E-state index contributed by atoms with van der Waals surface area (Å²) >= 11 is 0. The third kappa shape index (κ3) is 2.85. The summed E-state index contributed by atoms with van der Waals surface area (Å²) in [6.07, 6.45) is 1.71. The topological polar surface area (TPSA) is 63.1 Å². The second-order valence-electron chi connectivity index (χ2n) is 6.37. The van der Waals surface area contributed by atoms with Crippen LogP contribution in [0.25, 0.3) is 11.8 Å². The lowest BCUT2D eigenvalue weighted by atomic mass is 10.0. The number of aryl methyl sites for hydroxylation is 1. The van der Waals surface area contributed by atoms with Gasteiger partial charge in [0.1, 0.15) is 5.70 Å². The Hall–Kier alpha value is -2.82. The van der Waals surface area contributed by atoms with Gasteiger partial charge < -0.3 is 9.88 Å². The molecule has 0 saturated carbocycles. The first-order valence-corrected chi connectivity index (χ1v) is 8.00. The number of carbonyl (C=O) groups is 2. The minimum atomic E-state index is -0.482. The largest absolute Gasteiger partial charge is 0.326 e. The molecule has 0 aliphatic carbocycles. The van der Waals surface area contributed by atoms with Crippen LogP contribution in [-0.4, -0.2) is 16.5 Å². The molecule has 1 aliphatic rings. The van der Waals surface area contributed by atoms with Gasteiger partial charge in [0.2, 0.25) is 0 Å². The molecule has 2 N–H and O–H groups in total. The van der Waals surface area contributed by atoms with Crippen molar-refractivity contribution in [2.45, 2.75) is 33.6 Å². The van der Waals surface area contributed by atoms with Crippen LogP contribution < -0.4 is 10.6 Å². The van der Waals surface area contributed by atoms with E-state index in [-0.39, 0.29) is 5.70 Å². The van der Waals surface area contributed by atoms with Gasteiger partial charge in [0, 0.05) is 17.1 Å². The summed E-state index contributed by atoms with van der Waals surface area (Å²) in [6, 6.07) is 10.0. The lowest BCUT2D eigenvalue weighted by Gasteiger charge is -2.12. The smallest absolute Gasteiger partial charge is 0.318 e. The van der Waals surface area contributed by atoms with E-state index in [1.54, 1.807) is 6.08 Å². The van der Waals surface area contributed by atoms with Crippen LogP contribution >= 0.6 is 0 Å². The fourth-order valence-electron chi connectivity index (χ4n) is 2.98. The second-order valence-corrected chi connectivity index (χ2v) is 6.37. The van der Waals surface area contributed by atoms with E-state index in [0.717, 1.165) is 22.6 Å². The van der Waals surface area contributed by atoms with Gasteiger partial charge in [-0.15, -0.1) is 0 Å². The monoisotopic (exact) mass is 323 g/mol. The highest BCUT2D eigenvalue weighted by Gasteiger charge is 2.23. The maximum absolute atomic E-state index is 11.7. The molecule has 1 saturated heterocycles. The SMILES string of the molecule is Cc1cc(C=C2NC(=O)NC2=O)c(C)n1-c1ccc(C(C)C)cc1. The quantitative estimate of drug-likeness (QED) is 0.672. The number of nitrogens with one attached hydrogen (secondary N) is 2. The van der Waals surface area contributed by atoms with E-state index in [2.05, 4.69) is 53.3 Å². The Balaban J connectivity index is 1.99. The van der Waals surface area contributed by atoms with Gasteiger partial charge in [-0.05, 0) is 55.2 Å². The molecule has 0 spiro atoms. The van der Waals surface area contributed by atoms with Crippen LogP contribution in [0.15, 0.2) is 36.0 Å². The van der Waals surface area contributed by atoms with Crippen molar-refractivity contribution in [2.24, 2.45) is 0 Å². The first kappa shape index (κ1) is 16.1. The summed E-state index contributed by atoms with van der Waals surface area (Å²) in [5.41, 5.74) is 5.66. The van der Waals surface area contributed by atoms with Gasteiger partial charge in [-0.2, -0.15) is 0 Å². The van der Waals surface area contributed by atoms with E-state index >= 15 is 0 Å². The van der Waals surface area contributed by atoms with E-state index in [9.17, 15) is 9.59 Å². The minimum absolute atomic E-state index is 0.274. The number of rotatable bonds is 3. The fourth-order valence-corrected chi connectivity index (χ4v) is 2.98. The van der Waals surface area contributed by atoms with Crippen LogP contribution in [0.3, 0.4) is 0 Å². The third-order valence-corrected chi connectivity index (χ3v) is 4.31. The molecule has 24 heavy (non-hydrogen) atoms. The predicted molar refractivity (Wildman–Crippen MR) is 94.0 cm³/mol. The van der Waals surface area contributed by atoms with Crippen molar-refractivity contribution < 1.29 is 9.59 Å². The summed E-state index contributed by atoms with van der Waals surface area (Å²) < 4.78 is 2.14. The van der Waals surface area contributed by atoms with Crippen molar-refractivity contribution >= 4 is 18.0 Å². The van der Waals surface area contributed by atoms with E-state index in [1.165, 1.54) is 5.56 Å². The maximum atomic E-state index is 11.7. The van der Waals surface area contributed by atoms with Gasteiger partial charge in [0.15, 0.2) is 0 Å². The normalized spacial score (nSPS) is 16.0. The van der Waals surface area contributed by atoms with Crippen LogP contribution in [-0.2, 0) is 4.79 Å². The molecular formula is C19H21N3O2. The zero-order chi connectivity index (χ0) is 17.4. The lowest BCUT2D eigenvalue weighted by Crippen LogP contribution is -2.22. The number of amides is 3. The van der Waals surface area contributed by atoms with Crippen LogP contribution in [0.1, 0.15) is 42.3 Å². The van der Waals surface area contributed by atoms with Gasteiger partial charge in [-0.3, -0.25) is 10.1 Å². The summed E-state index contributed by atoms with van der Waals surface area (Å²) in [6.45, 7) is 8.38. The summed E-state index contributed by atoms with van der Waals surface area (Å²) in [4.78, 5) is 22.9. The van der Waals surface area contributed by atoms with E-state index in [1.807, 2.05) is 19.9 Å². The zero-order valence-electron chi connectivity index (χ0n) is 14.3. The number of nitrogens with zero attached hydrogens (tertiary/aromatic N) is 1. The second kappa shape index (κ2) is 6.00. The van der Waals surface area contributed by atoms with Crippen LogP contribution in [0.4, 0.5) is 4.79 Å². The van der Waals surface area contributed by atoms with Crippen molar-refractivity contribution in [3.8, 4) is 5.69 Å². The number of carbonyl (C=O) groups excluding carboxylic acids is 2. The average molecular weight is 323 g/mol.